The third-order valence-electron chi connectivity index (χ3n) is 3.99. The van der Waals surface area contributed by atoms with Crippen LogP contribution in [0.2, 0.25) is 0 Å². The molecule has 134 valence electrons. The number of nitrogens with zero attached hydrogens (tertiary/aromatic N) is 1. The van der Waals surface area contributed by atoms with Gasteiger partial charge in [-0.15, -0.1) is 0 Å². The summed E-state index contributed by atoms with van der Waals surface area (Å²) in [5.41, 5.74) is 5.12. The number of nitrogens with two attached hydrogens (primary N) is 1. The van der Waals surface area contributed by atoms with Crippen LogP contribution >= 0.6 is 0 Å². The average molecular weight is 327 g/mol. The number of carbonyl (C=O) groups is 2. The Labute approximate surface area is 140 Å². The Balaban J connectivity index is 2.92. The van der Waals surface area contributed by atoms with E-state index in [4.69, 9.17) is 10.5 Å². The Morgan fingerprint density at radius 1 is 1.17 bits per heavy atom. The van der Waals surface area contributed by atoms with Crippen LogP contribution in [0.3, 0.4) is 0 Å². The molecule has 1 aliphatic rings. The van der Waals surface area contributed by atoms with E-state index in [-0.39, 0.29) is 30.1 Å². The lowest BCUT2D eigenvalue weighted by atomic mass is 9.88. The fraction of sp³-hybridized carbons (Fsp3) is 0.882. The maximum absolute atomic E-state index is 12.6. The maximum atomic E-state index is 12.6. The van der Waals surface area contributed by atoms with Crippen molar-refractivity contribution in [1.82, 2.24) is 10.2 Å². The van der Waals surface area contributed by atoms with Gasteiger partial charge in [-0.25, -0.2) is 4.79 Å². The third kappa shape index (κ3) is 6.01. The summed E-state index contributed by atoms with van der Waals surface area (Å²) in [6, 6.07) is -0.673. The first-order valence-corrected chi connectivity index (χ1v) is 8.60. The molecule has 0 saturated heterocycles. The van der Waals surface area contributed by atoms with E-state index in [1.807, 2.05) is 34.6 Å². The van der Waals surface area contributed by atoms with Gasteiger partial charge in [0.15, 0.2) is 0 Å². The van der Waals surface area contributed by atoms with Crippen molar-refractivity contribution in [2.75, 3.05) is 0 Å². The van der Waals surface area contributed by atoms with Gasteiger partial charge in [0.25, 0.3) is 0 Å². The second kappa shape index (κ2) is 7.99. The van der Waals surface area contributed by atoms with Crippen molar-refractivity contribution in [2.45, 2.75) is 97.0 Å². The molecule has 0 heterocycles. The van der Waals surface area contributed by atoms with Crippen LogP contribution in [0.1, 0.15) is 67.2 Å². The molecule has 0 spiro atoms. The summed E-state index contributed by atoms with van der Waals surface area (Å²) in [5.74, 6) is -0.171. The summed E-state index contributed by atoms with van der Waals surface area (Å²) >= 11 is 0. The van der Waals surface area contributed by atoms with E-state index in [1.165, 1.54) is 0 Å². The number of ether oxygens (including phenoxy) is 1. The van der Waals surface area contributed by atoms with Crippen molar-refractivity contribution in [3.8, 4) is 0 Å². The summed E-state index contributed by atoms with van der Waals surface area (Å²) in [5, 5.41) is 3.01. The molecule has 1 saturated carbocycles. The fourth-order valence-corrected chi connectivity index (χ4v) is 2.97. The number of hydrogen-bond acceptors (Lipinski definition) is 4. The van der Waals surface area contributed by atoms with E-state index >= 15 is 0 Å². The predicted octanol–water partition coefficient (Wildman–Crippen LogP) is 2.41. The summed E-state index contributed by atoms with van der Waals surface area (Å²) in [6.45, 7) is 11.2. The zero-order valence-corrected chi connectivity index (χ0v) is 15.4. The lowest BCUT2D eigenvalue weighted by Crippen LogP contribution is -2.59. The van der Waals surface area contributed by atoms with Gasteiger partial charge in [-0.1, -0.05) is 12.8 Å². The smallest absolute Gasteiger partial charge is 0.410 e. The van der Waals surface area contributed by atoms with E-state index in [0.717, 1.165) is 25.7 Å². The van der Waals surface area contributed by atoms with Crippen molar-refractivity contribution in [2.24, 2.45) is 5.73 Å². The highest BCUT2D eigenvalue weighted by Gasteiger charge is 2.37. The molecule has 0 unspecified atom stereocenters. The number of amides is 2. The molecule has 6 nitrogen and oxygen atoms in total. The summed E-state index contributed by atoms with van der Waals surface area (Å²) in [6.07, 6.45) is 3.48. The van der Waals surface area contributed by atoms with Crippen molar-refractivity contribution >= 4 is 12.0 Å². The second-order valence-electron chi connectivity index (χ2n) is 7.74. The first-order valence-electron chi connectivity index (χ1n) is 8.60. The molecule has 3 atom stereocenters. The molecule has 23 heavy (non-hydrogen) atoms. The summed E-state index contributed by atoms with van der Waals surface area (Å²) < 4.78 is 5.56. The number of carbonyl (C=O) groups excluding carboxylic acids is 2. The highest BCUT2D eigenvalue weighted by Crippen LogP contribution is 2.26. The van der Waals surface area contributed by atoms with Crippen LogP contribution in [0, 0.1) is 0 Å². The lowest BCUT2D eigenvalue weighted by molar-refractivity contribution is -0.123. The molecule has 0 aromatic heterocycles. The zero-order chi connectivity index (χ0) is 17.8. The largest absolute Gasteiger partial charge is 0.444 e. The van der Waals surface area contributed by atoms with Crippen molar-refractivity contribution < 1.29 is 14.3 Å². The minimum Gasteiger partial charge on any atom is -0.444 e. The van der Waals surface area contributed by atoms with Gasteiger partial charge in [0.1, 0.15) is 5.60 Å². The molecule has 3 N–H and O–H groups in total. The van der Waals surface area contributed by atoms with Crippen LogP contribution in [0.15, 0.2) is 0 Å². The first-order chi connectivity index (χ1) is 10.5. The van der Waals surface area contributed by atoms with Crippen LogP contribution in [-0.4, -0.2) is 46.7 Å². The molecule has 0 aromatic carbocycles. The van der Waals surface area contributed by atoms with E-state index in [2.05, 4.69) is 5.32 Å². The fourth-order valence-electron chi connectivity index (χ4n) is 2.97. The molecule has 0 aromatic rings. The SMILES string of the molecule is CC(C)N(C(=O)OC(C)(C)C)[C@@H]1CCCC[C@H]1NC(=O)[C@H](C)N. The molecule has 6 heteroatoms. The minimum absolute atomic E-state index is 0.00246. The number of hydrogen-bond donors (Lipinski definition) is 2. The molecule has 0 aliphatic heterocycles. The van der Waals surface area contributed by atoms with E-state index in [1.54, 1.807) is 11.8 Å². The monoisotopic (exact) mass is 327 g/mol. The Morgan fingerprint density at radius 2 is 1.74 bits per heavy atom. The van der Waals surface area contributed by atoms with Crippen LogP contribution < -0.4 is 11.1 Å². The molecule has 0 bridgehead atoms. The van der Waals surface area contributed by atoms with Gasteiger partial charge in [-0.3, -0.25) is 4.79 Å². The van der Waals surface area contributed by atoms with E-state index < -0.39 is 11.6 Å². The van der Waals surface area contributed by atoms with Crippen molar-refractivity contribution in [3.63, 3.8) is 0 Å². The van der Waals surface area contributed by atoms with Gasteiger partial charge in [-0.05, 0) is 54.4 Å². The van der Waals surface area contributed by atoms with Crippen molar-refractivity contribution in [3.05, 3.63) is 0 Å². The van der Waals surface area contributed by atoms with Crippen LogP contribution in [-0.2, 0) is 9.53 Å². The van der Waals surface area contributed by atoms with Crippen LogP contribution in [0.5, 0.6) is 0 Å². The second-order valence-corrected chi connectivity index (χ2v) is 7.74. The molecular formula is C17H33N3O3. The summed E-state index contributed by atoms with van der Waals surface area (Å²) in [7, 11) is 0. The number of nitrogens with one attached hydrogen (secondary N) is 1. The van der Waals surface area contributed by atoms with Crippen molar-refractivity contribution in [1.29, 1.82) is 0 Å². The molecule has 1 rings (SSSR count). The van der Waals surface area contributed by atoms with E-state index in [0.29, 0.717) is 0 Å². The lowest BCUT2D eigenvalue weighted by Gasteiger charge is -2.42. The highest BCUT2D eigenvalue weighted by atomic mass is 16.6. The minimum atomic E-state index is -0.549. The quantitative estimate of drug-likeness (QED) is 0.830. The molecule has 1 aliphatic carbocycles. The Morgan fingerprint density at radius 3 is 2.22 bits per heavy atom. The Kier molecular flexibility index (Phi) is 6.86. The average Bonchev–Trinajstić information content (AvgIpc) is 2.38. The van der Waals surface area contributed by atoms with Gasteiger partial charge in [0.05, 0.1) is 12.1 Å². The molecule has 1 fully saturated rings. The topological polar surface area (TPSA) is 84.7 Å². The van der Waals surface area contributed by atoms with Gasteiger partial charge in [0.2, 0.25) is 5.91 Å². The van der Waals surface area contributed by atoms with Gasteiger partial charge in [0, 0.05) is 12.1 Å². The normalized spacial score (nSPS) is 23.3. The van der Waals surface area contributed by atoms with E-state index in [9.17, 15) is 9.59 Å². The standard InChI is InChI=1S/C17H33N3O3/c1-11(2)20(16(22)23-17(4,5)6)14-10-8-7-9-13(14)19-15(21)12(3)18/h11-14H,7-10,18H2,1-6H3,(H,19,21)/t12-,13+,14+/m0/s1. The third-order valence-corrected chi connectivity index (χ3v) is 3.99. The van der Waals surface area contributed by atoms with Gasteiger partial charge in [-0.2, -0.15) is 0 Å². The zero-order valence-electron chi connectivity index (χ0n) is 15.4. The summed E-state index contributed by atoms with van der Waals surface area (Å²) in [4.78, 5) is 26.4. The van der Waals surface area contributed by atoms with Crippen LogP contribution in [0.25, 0.3) is 0 Å². The Hall–Kier alpha value is -1.30. The predicted molar refractivity (Wildman–Crippen MR) is 91.0 cm³/mol. The molecule has 2 amide bonds. The Bertz CT molecular complexity index is 416. The molecule has 0 radical (unpaired) electrons. The highest BCUT2D eigenvalue weighted by molar-refractivity contribution is 5.81. The first kappa shape index (κ1) is 19.7. The van der Waals surface area contributed by atoms with Gasteiger partial charge >= 0.3 is 6.09 Å². The maximum Gasteiger partial charge on any atom is 0.410 e. The van der Waals surface area contributed by atoms with Crippen LogP contribution in [0.4, 0.5) is 4.79 Å². The van der Waals surface area contributed by atoms with Gasteiger partial charge < -0.3 is 20.7 Å². The number of rotatable bonds is 4. The molecular weight excluding hydrogens is 294 g/mol.